The van der Waals surface area contributed by atoms with Gasteiger partial charge in [0.25, 0.3) is 0 Å². The Morgan fingerprint density at radius 1 is 1.23 bits per heavy atom. The van der Waals surface area contributed by atoms with E-state index >= 15 is 0 Å². The van der Waals surface area contributed by atoms with Gasteiger partial charge in [-0.1, -0.05) is 43.3 Å². The van der Waals surface area contributed by atoms with Gasteiger partial charge >= 0.3 is 35.6 Å². The van der Waals surface area contributed by atoms with E-state index in [0.29, 0.717) is 5.92 Å². The van der Waals surface area contributed by atoms with Crippen LogP contribution in [0.4, 0.5) is 0 Å². The van der Waals surface area contributed by atoms with Gasteiger partial charge in [-0.3, -0.25) is 0 Å². The summed E-state index contributed by atoms with van der Waals surface area (Å²) in [5.74, 6) is 0.621. The molecule has 0 bridgehead atoms. The fourth-order valence-electron chi connectivity index (χ4n) is 1.43. The van der Waals surface area contributed by atoms with Gasteiger partial charge in [-0.25, -0.2) is 0 Å². The summed E-state index contributed by atoms with van der Waals surface area (Å²) in [4.78, 5) is 0. The van der Waals surface area contributed by atoms with Crippen LogP contribution < -0.4 is 0 Å². The SMILES string of the molecule is CC1C=Cc2ccccc21.[Cl][Ti][Cl]. The van der Waals surface area contributed by atoms with Crippen molar-refractivity contribution in [1.82, 2.24) is 0 Å². The van der Waals surface area contributed by atoms with Crippen molar-refractivity contribution < 1.29 is 17.0 Å². The van der Waals surface area contributed by atoms with Gasteiger partial charge in [0, 0.05) is 0 Å². The van der Waals surface area contributed by atoms with Crippen LogP contribution in [0.15, 0.2) is 30.3 Å². The van der Waals surface area contributed by atoms with Gasteiger partial charge in [0.1, 0.15) is 0 Å². The number of fused-ring (bicyclic) bond motifs is 1. The summed E-state index contributed by atoms with van der Waals surface area (Å²) in [7, 11) is 9.78. The van der Waals surface area contributed by atoms with Gasteiger partial charge in [0.2, 0.25) is 0 Å². The van der Waals surface area contributed by atoms with Crippen molar-refractivity contribution in [3.8, 4) is 0 Å². The van der Waals surface area contributed by atoms with E-state index in [4.69, 9.17) is 18.6 Å². The van der Waals surface area contributed by atoms with Crippen LogP contribution in [-0.2, 0) is 17.0 Å². The second kappa shape index (κ2) is 5.87. The number of rotatable bonds is 0. The Labute approximate surface area is 95.6 Å². The summed E-state index contributed by atoms with van der Waals surface area (Å²) >= 11 is -0.556. The Bertz CT molecular complexity index is 297. The second-order valence-electron chi connectivity index (χ2n) is 2.85. The first-order valence-corrected chi connectivity index (χ1v) is 8.32. The Balaban J connectivity index is 0.000000251. The van der Waals surface area contributed by atoms with Crippen LogP contribution in [0.5, 0.6) is 0 Å². The van der Waals surface area contributed by atoms with Crippen molar-refractivity contribution in [1.29, 1.82) is 0 Å². The Morgan fingerprint density at radius 3 is 2.46 bits per heavy atom. The molecule has 1 atom stereocenters. The number of allylic oxidation sites excluding steroid dienone is 1. The van der Waals surface area contributed by atoms with E-state index in [-0.39, 0.29) is 0 Å². The first-order valence-electron chi connectivity index (χ1n) is 4.03. The van der Waals surface area contributed by atoms with E-state index in [2.05, 4.69) is 43.3 Å². The van der Waals surface area contributed by atoms with Crippen molar-refractivity contribution in [2.75, 3.05) is 0 Å². The van der Waals surface area contributed by atoms with Crippen LogP contribution in [0.3, 0.4) is 0 Å². The second-order valence-corrected chi connectivity index (χ2v) is 5.43. The zero-order chi connectivity index (χ0) is 9.68. The Morgan fingerprint density at radius 2 is 1.85 bits per heavy atom. The van der Waals surface area contributed by atoms with E-state index in [9.17, 15) is 0 Å². The molecule has 0 saturated carbocycles. The van der Waals surface area contributed by atoms with Gasteiger partial charge in [0.05, 0.1) is 0 Å². The van der Waals surface area contributed by atoms with Crippen molar-refractivity contribution in [2.45, 2.75) is 12.8 Å². The van der Waals surface area contributed by atoms with Crippen LogP contribution in [-0.4, -0.2) is 0 Å². The molecule has 68 valence electrons. The fourth-order valence-corrected chi connectivity index (χ4v) is 1.43. The summed E-state index contributed by atoms with van der Waals surface area (Å²) in [6.07, 6.45) is 4.44. The third kappa shape index (κ3) is 3.14. The molecule has 0 amide bonds. The van der Waals surface area contributed by atoms with E-state index in [0.717, 1.165) is 0 Å². The molecular weight excluding hydrogens is 239 g/mol. The molecule has 13 heavy (non-hydrogen) atoms. The molecule has 0 heterocycles. The molecule has 3 heteroatoms. The molecule has 1 unspecified atom stereocenters. The maximum absolute atomic E-state index is 4.89. The predicted octanol–water partition coefficient (Wildman–Crippen LogP) is 4.19. The minimum absolute atomic E-state index is 0.556. The van der Waals surface area contributed by atoms with Crippen molar-refractivity contribution in [3.63, 3.8) is 0 Å². The van der Waals surface area contributed by atoms with Gasteiger partial charge in [-0.2, -0.15) is 0 Å². The zero-order valence-corrected chi connectivity index (χ0v) is 10.4. The number of hydrogen-bond acceptors (Lipinski definition) is 0. The van der Waals surface area contributed by atoms with Gasteiger partial charge in [-0.05, 0) is 17.0 Å². The third-order valence-corrected chi connectivity index (χ3v) is 2.05. The van der Waals surface area contributed by atoms with E-state index in [1.807, 2.05) is 0 Å². The summed E-state index contributed by atoms with van der Waals surface area (Å²) in [5.41, 5.74) is 2.84. The van der Waals surface area contributed by atoms with Crippen LogP contribution in [0.25, 0.3) is 6.08 Å². The molecule has 0 nitrogen and oxygen atoms in total. The standard InChI is InChI=1S/C10H10.2ClH.Ti/c1-8-6-7-9-4-2-3-5-10(8)9;;;/h2-8H,1H3;2*1H;/q;;;+2/p-2. The number of halogens is 2. The van der Waals surface area contributed by atoms with E-state index < -0.39 is 17.0 Å². The van der Waals surface area contributed by atoms with Crippen molar-refractivity contribution >= 4 is 24.7 Å². The summed E-state index contributed by atoms with van der Waals surface area (Å²) in [5, 5.41) is 0. The first kappa shape index (κ1) is 11.3. The van der Waals surface area contributed by atoms with Gasteiger partial charge in [0.15, 0.2) is 0 Å². The van der Waals surface area contributed by atoms with Crippen LogP contribution in [0.2, 0.25) is 0 Å². The number of hydrogen-bond donors (Lipinski definition) is 0. The topological polar surface area (TPSA) is 0 Å². The maximum atomic E-state index is 4.89. The molecule has 0 fully saturated rings. The van der Waals surface area contributed by atoms with Gasteiger partial charge in [-0.15, -0.1) is 0 Å². The number of benzene rings is 1. The van der Waals surface area contributed by atoms with Crippen LogP contribution >= 0.6 is 18.6 Å². The molecule has 1 aliphatic carbocycles. The van der Waals surface area contributed by atoms with E-state index in [1.165, 1.54) is 11.1 Å². The molecule has 0 aliphatic heterocycles. The fraction of sp³-hybridized carbons (Fsp3) is 0.200. The molecule has 1 aliphatic rings. The molecule has 0 saturated heterocycles. The average Bonchev–Trinajstić information content (AvgIpc) is 2.50. The molecule has 1 aromatic rings. The quantitative estimate of drug-likeness (QED) is 0.604. The first-order chi connectivity index (χ1) is 6.29. The summed E-state index contributed by atoms with van der Waals surface area (Å²) < 4.78 is 0. The Kier molecular flexibility index (Phi) is 5.12. The molecule has 0 N–H and O–H groups in total. The minimum atomic E-state index is -0.556. The van der Waals surface area contributed by atoms with Gasteiger partial charge < -0.3 is 0 Å². The Hall–Kier alpha value is 0.254. The average molecular weight is 249 g/mol. The summed E-state index contributed by atoms with van der Waals surface area (Å²) in [6, 6.07) is 8.54. The molecule has 0 aromatic heterocycles. The molecule has 2 rings (SSSR count). The normalized spacial score (nSPS) is 17.3. The molecule has 0 spiro atoms. The zero-order valence-electron chi connectivity index (χ0n) is 7.30. The van der Waals surface area contributed by atoms with Crippen LogP contribution in [0, 0.1) is 0 Å². The summed E-state index contributed by atoms with van der Waals surface area (Å²) in [6.45, 7) is 2.22. The molecule has 0 radical (unpaired) electrons. The van der Waals surface area contributed by atoms with Crippen molar-refractivity contribution in [3.05, 3.63) is 41.5 Å². The van der Waals surface area contributed by atoms with Crippen LogP contribution in [0.1, 0.15) is 24.0 Å². The third-order valence-electron chi connectivity index (χ3n) is 2.05. The predicted molar refractivity (Wildman–Crippen MR) is 55.6 cm³/mol. The van der Waals surface area contributed by atoms with Crippen molar-refractivity contribution in [2.24, 2.45) is 0 Å². The molecular formula is C10H10Cl2Ti. The molecule has 1 aromatic carbocycles. The monoisotopic (exact) mass is 248 g/mol. The van der Waals surface area contributed by atoms with E-state index in [1.54, 1.807) is 0 Å².